The van der Waals surface area contributed by atoms with Crippen LogP contribution < -0.4 is 0 Å². The fourth-order valence-corrected chi connectivity index (χ4v) is 5.49. The lowest BCUT2D eigenvalue weighted by molar-refractivity contribution is 0.282. The first-order chi connectivity index (χ1) is 11.4. The summed E-state index contributed by atoms with van der Waals surface area (Å²) in [7, 11) is -5.47. The maximum Gasteiger partial charge on any atom is 0.268 e. The van der Waals surface area contributed by atoms with Crippen molar-refractivity contribution in [1.29, 1.82) is 0 Å². The van der Waals surface area contributed by atoms with E-state index in [1.807, 2.05) is 0 Å². The van der Waals surface area contributed by atoms with Crippen LogP contribution in [0.25, 0.3) is 0 Å². The molecule has 0 rings (SSSR count). The molecule has 4 atom stereocenters. The first kappa shape index (κ1) is 25.0. The molecule has 0 aromatic carbocycles. The van der Waals surface area contributed by atoms with Crippen LogP contribution in [0.3, 0.4) is 0 Å². The molecule has 0 saturated heterocycles. The third-order valence-corrected chi connectivity index (χ3v) is 7.64. The van der Waals surface area contributed by atoms with E-state index in [1.165, 1.54) is 13.8 Å². The highest BCUT2D eigenvalue weighted by molar-refractivity contribution is 7.88. The molecule has 0 spiro atoms. The molecular formula is C11H24O10S4. The van der Waals surface area contributed by atoms with E-state index in [9.17, 15) is 25.3 Å². The molecule has 0 aliphatic carbocycles. The minimum Gasteiger partial charge on any atom is -0.292 e. The smallest absolute Gasteiger partial charge is 0.268 e. The predicted molar refractivity (Wildman–Crippen MR) is 92.8 cm³/mol. The monoisotopic (exact) mass is 444 g/mol. The Labute approximate surface area is 154 Å². The van der Waals surface area contributed by atoms with Crippen molar-refractivity contribution in [3.05, 3.63) is 0 Å². The van der Waals surface area contributed by atoms with Crippen LogP contribution in [-0.4, -0.2) is 61.9 Å². The van der Waals surface area contributed by atoms with Crippen LogP contribution in [-0.2, 0) is 59.1 Å². The van der Waals surface area contributed by atoms with Gasteiger partial charge in [-0.05, 0) is 26.7 Å². The lowest BCUT2D eigenvalue weighted by atomic mass is 10.3. The van der Waals surface area contributed by atoms with E-state index in [0.29, 0.717) is 0 Å². The van der Waals surface area contributed by atoms with Crippen molar-refractivity contribution >= 4 is 42.4 Å². The second-order valence-corrected chi connectivity index (χ2v) is 11.2. The van der Waals surface area contributed by atoms with Crippen LogP contribution >= 0.6 is 0 Å². The van der Waals surface area contributed by atoms with Crippen molar-refractivity contribution < 1.29 is 42.0 Å². The highest BCUT2D eigenvalue weighted by atomic mass is 32.2. The van der Waals surface area contributed by atoms with Crippen LogP contribution in [0.1, 0.15) is 33.1 Å². The minimum absolute atomic E-state index is 0.156. The third-order valence-electron chi connectivity index (χ3n) is 2.72. The Hall–Kier alpha value is 0.0400. The fourth-order valence-electron chi connectivity index (χ4n) is 1.58. The summed E-state index contributed by atoms with van der Waals surface area (Å²) in [6.45, 7) is 2.60. The molecule has 0 aromatic rings. The van der Waals surface area contributed by atoms with E-state index in [1.54, 1.807) is 0 Å². The Balaban J connectivity index is 4.20. The molecule has 0 saturated carbocycles. The molecule has 14 heteroatoms. The molecule has 4 unspecified atom stereocenters. The summed E-state index contributed by atoms with van der Waals surface area (Å²) in [5.74, 6) is -0.688. The van der Waals surface area contributed by atoms with Crippen LogP contribution in [0.2, 0.25) is 0 Å². The van der Waals surface area contributed by atoms with Crippen molar-refractivity contribution in [2.75, 3.05) is 25.7 Å². The Bertz CT molecular complexity index is 586. The first-order valence-corrected chi connectivity index (χ1v) is 12.6. The van der Waals surface area contributed by atoms with Gasteiger partial charge in [0.2, 0.25) is 0 Å². The van der Waals surface area contributed by atoms with Crippen molar-refractivity contribution in [2.24, 2.45) is 0 Å². The summed E-state index contributed by atoms with van der Waals surface area (Å²) in [4.78, 5) is 0. The lowest BCUT2D eigenvalue weighted by Crippen LogP contribution is -2.23. The zero-order chi connectivity index (χ0) is 19.7. The van der Waals surface area contributed by atoms with Gasteiger partial charge in [0.1, 0.15) is 0 Å². The first-order valence-electron chi connectivity index (χ1n) is 7.16. The molecule has 152 valence electrons. The topological polar surface area (TPSA) is 139 Å². The maximum absolute atomic E-state index is 11.7. The average Bonchev–Trinajstić information content (AvgIpc) is 2.51. The molecule has 0 heterocycles. The Morgan fingerprint density at radius 3 is 1.32 bits per heavy atom. The van der Waals surface area contributed by atoms with E-state index in [0.717, 1.165) is 14.2 Å². The Morgan fingerprint density at radius 1 is 0.720 bits per heavy atom. The molecule has 0 radical (unpaired) electrons. The zero-order valence-electron chi connectivity index (χ0n) is 14.4. The molecule has 0 N–H and O–H groups in total. The average molecular weight is 445 g/mol. The van der Waals surface area contributed by atoms with Crippen molar-refractivity contribution in [3.63, 3.8) is 0 Å². The van der Waals surface area contributed by atoms with Crippen molar-refractivity contribution in [3.8, 4) is 0 Å². The Morgan fingerprint density at radius 2 is 1.04 bits per heavy atom. The van der Waals surface area contributed by atoms with E-state index in [4.69, 9.17) is 0 Å². The van der Waals surface area contributed by atoms with E-state index >= 15 is 0 Å². The molecule has 0 aromatic heterocycles. The van der Waals surface area contributed by atoms with Gasteiger partial charge in [-0.1, -0.05) is 6.42 Å². The third kappa shape index (κ3) is 11.4. The normalized spacial score (nSPS) is 17.8. The van der Waals surface area contributed by atoms with Gasteiger partial charge in [0, 0.05) is 0 Å². The summed E-state index contributed by atoms with van der Waals surface area (Å²) < 4.78 is 87.4. The van der Waals surface area contributed by atoms with Crippen molar-refractivity contribution in [2.45, 2.75) is 44.0 Å². The highest BCUT2D eigenvalue weighted by Gasteiger charge is 2.22. The van der Waals surface area contributed by atoms with Gasteiger partial charge >= 0.3 is 0 Å². The molecule has 0 fully saturated rings. The number of rotatable bonds is 14. The predicted octanol–water partition coefficient (Wildman–Crippen LogP) is 0.162. The summed E-state index contributed by atoms with van der Waals surface area (Å²) in [5.41, 5.74) is -2.26. The number of hydrogen-bond donors (Lipinski definition) is 0. The molecular weight excluding hydrogens is 420 g/mol. The van der Waals surface area contributed by atoms with E-state index in [2.05, 4.69) is 16.7 Å². The van der Waals surface area contributed by atoms with E-state index in [-0.39, 0.29) is 30.8 Å². The second kappa shape index (κ2) is 11.7. The molecule has 10 nitrogen and oxygen atoms in total. The minimum atomic E-state index is -3.90. The second-order valence-electron chi connectivity index (χ2n) is 4.77. The van der Waals surface area contributed by atoms with Gasteiger partial charge in [0.05, 0.1) is 25.7 Å². The quantitative estimate of drug-likeness (QED) is 0.269. The summed E-state index contributed by atoms with van der Waals surface area (Å²) in [6, 6.07) is 0. The van der Waals surface area contributed by atoms with Crippen molar-refractivity contribution in [1.82, 2.24) is 0 Å². The van der Waals surface area contributed by atoms with E-state index < -0.39 is 53.3 Å². The van der Waals surface area contributed by atoms with Gasteiger partial charge in [-0.15, -0.1) is 0 Å². The molecule has 0 aliphatic rings. The molecule has 0 aliphatic heterocycles. The van der Waals surface area contributed by atoms with Crippen LogP contribution in [0.5, 0.6) is 0 Å². The zero-order valence-corrected chi connectivity index (χ0v) is 17.7. The summed E-state index contributed by atoms with van der Waals surface area (Å²) in [5, 5.41) is 0. The summed E-state index contributed by atoms with van der Waals surface area (Å²) in [6.07, 6.45) is 0.599. The van der Waals surface area contributed by atoms with Gasteiger partial charge in [0.25, 0.3) is 20.2 Å². The van der Waals surface area contributed by atoms with Gasteiger partial charge in [-0.3, -0.25) is 16.7 Å². The largest absolute Gasteiger partial charge is 0.292 e. The van der Waals surface area contributed by atoms with Crippen LogP contribution in [0, 0.1) is 0 Å². The molecule has 0 amide bonds. The van der Waals surface area contributed by atoms with Gasteiger partial charge in [0.15, 0.2) is 33.0 Å². The number of unbranched alkanes of at least 4 members (excludes halogenated alkanes) is 2. The van der Waals surface area contributed by atoms with Crippen LogP contribution in [0.15, 0.2) is 0 Å². The fraction of sp³-hybridized carbons (Fsp3) is 1.00. The Kier molecular flexibility index (Phi) is 11.7. The standard InChI is InChI=1S/C11H24O10S4/c1-10(22(12)18-3)20-24(14,15)8-6-5-7-9-25(16,17)21-11(2)23(13)19-4/h10-11H,5-9H2,1-4H3. The lowest BCUT2D eigenvalue weighted by Gasteiger charge is -2.12. The highest BCUT2D eigenvalue weighted by Crippen LogP contribution is 2.11. The maximum atomic E-state index is 11.7. The SMILES string of the molecule is COS(=O)C(C)OS(=O)(=O)CCCCCS(=O)(=O)OC(C)S(=O)OC. The summed E-state index contributed by atoms with van der Waals surface area (Å²) >= 11 is -3.76. The van der Waals surface area contributed by atoms with Crippen LogP contribution in [0.4, 0.5) is 0 Å². The molecule has 0 bridgehead atoms. The van der Waals surface area contributed by atoms with Gasteiger partial charge in [-0.2, -0.15) is 16.8 Å². The van der Waals surface area contributed by atoms with Gasteiger partial charge in [-0.25, -0.2) is 8.42 Å². The van der Waals surface area contributed by atoms with Gasteiger partial charge < -0.3 is 0 Å². The molecule has 25 heavy (non-hydrogen) atoms. The number of hydrogen-bond acceptors (Lipinski definition) is 10.